The Labute approximate surface area is 146 Å². The molecule has 1 N–H and O–H groups in total. The van der Waals surface area contributed by atoms with Gasteiger partial charge in [0.25, 0.3) is 0 Å². The lowest BCUT2D eigenvalue weighted by Crippen LogP contribution is -2.16. The minimum atomic E-state index is -0.954. The highest BCUT2D eigenvalue weighted by Gasteiger charge is 2.16. The van der Waals surface area contributed by atoms with Crippen molar-refractivity contribution in [2.24, 2.45) is 0 Å². The molecular formula is C18H13F2NO5. The number of rotatable bonds is 5. The maximum atomic E-state index is 12.8. The number of hydrogen-bond donors (Lipinski definition) is 1. The van der Waals surface area contributed by atoms with Crippen molar-refractivity contribution >= 4 is 23.8 Å². The molecule has 0 amide bonds. The Morgan fingerprint density at radius 2 is 1.15 bits per heavy atom. The molecule has 0 fully saturated rings. The van der Waals surface area contributed by atoms with Crippen molar-refractivity contribution in [2.45, 2.75) is 12.8 Å². The lowest BCUT2D eigenvalue weighted by molar-refractivity contribution is -0.137. The number of benzene rings is 2. The third-order valence-corrected chi connectivity index (χ3v) is 3.14. The quantitative estimate of drug-likeness (QED) is 0.382. The summed E-state index contributed by atoms with van der Waals surface area (Å²) in [4.78, 5) is 35.0. The van der Waals surface area contributed by atoms with Gasteiger partial charge < -0.3 is 9.47 Å². The average molecular weight is 361 g/mol. The van der Waals surface area contributed by atoms with Crippen LogP contribution in [0.4, 0.5) is 8.78 Å². The van der Waals surface area contributed by atoms with E-state index in [2.05, 4.69) is 4.74 Å². The second kappa shape index (κ2) is 8.61. The van der Waals surface area contributed by atoms with E-state index in [9.17, 15) is 23.2 Å². The molecule has 0 aliphatic heterocycles. The van der Waals surface area contributed by atoms with Gasteiger partial charge in [-0.25, -0.2) is 18.4 Å². The molecule has 0 heterocycles. The second-order valence-corrected chi connectivity index (χ2v) is 5.09. The number of nitrogens with one attached hydrogen (secondary N) is 1. The zero-order valence-electron chi connectivity index (χ0n) is 13.3. The number of hydrogen-bond acceptors (Lipinski definition) is 6. The van der Waals surface area contributed by atoms with Gasteiger partial charge in [0.05, 0.1) is 17.5 Å². The van der Waals surface area contributed by atoms with Gasteiger partial charge in [-0.2, -0.15) is 0 Å². The predicted molar refractivity (Wildman–Crippen MR) is 85.6 cm³/mol. The van der Waals surface area contributed by atoms with Crippen molar-refractivity contribution in [2.75, 3.05) is 0 Å². The first-order chi connectivity index (χ1) is 12.3. The standard InChI is InChI=1S/C18H13F2NO5/c19-13-5-1-11(2-6-13)17(23)25-15(21)9-10-16(22)26-18(24)12-3-7-14(20)8-4-12/h1-8,21H,9-10H2. The van der Waals surface area contributed by atoms with E-state index in [4.69, 9.17) is 10.1 Å². The van der Waals surface area contributed by atoms with Gasteiger partial charge in [-0.1, -0.05) is 0 Å². The summed E-state index contributed by atoms with van der Waals surface area (Å²) < 4.78 is 34.8. The third kappa shape index (κ3) is 5.59. The molecule has 0 radical (unpaired) electrons. The number of esters is 3. The average Bonchev–Trinajstić information content (AvgIpc) is 2.61. The first-order valence-electron chi connectivity index (χ1n) is 7.41. The molecule has 8 heteroatoms. The molecule has 2 aromatic carbocycles. The Hall–Kier alpha value is -3.42. The summed E-state index contributed by atoms with van der Waals surface area (Å²) in [6, 6.07) is 8.95. The van der Waals surface area contributed by atoms with Gasteiger partial charge in [-0.3, -0.25) is 10.2 Å². The van der Waals surface area contributed by atoms with E-state index >= 15 is 0 Å². The van der Waals surface area contributed by atoms with Crippen LogP contribution in [-0.4, -0.2) is 23.8 Å². The summed E-state index contributed by atoms with van der Waals surface area (Å²) in [6.07, 6.45) is -0.648. The van der Waals surface area contributed by atoms with Crippen LogP contribution in [0.2, 0.25) is 0 Å². The Morgan fingerprint density at radius 3 is 1.62 bits per heavy atom. The highest BCUT2D eigenvalue weighted by atomic mass is 19.1. The van der Waals surface area contributed by atoms with Crippen molar-refractivity contribution in [3.63, 3.8) is 0 Å². The summed E-state index contributed by atoms with van der Waals surface area (Å²) >= 11 is 0. The number of carbonyl (C=O) groups is 3. The first kappa shape index (κ1) is 18.9. The van der Waals surface area contributed by atoms with E-state index in [0.717, 1.165) is 36.4 Å². The Morgan fingerprint density at radius 1 is 0.731 bits per heavy atom. The molecule has 0 aliphatic rings. The molecule has 134 valence electrons. The van der Waals surface area contributed by atoms with Crippen LogP contribution in [0.3, 0.4) is 0 Å². The van der Waals surface area contributed by atoms with E-state index < -0.39 is 35.4 Å². The van der Waals surface area contributed by atoms with E-state index in [1.54, 1.807) is 0 Å². The maximum Gasteiger partial charge on any atom is 0.345 e. The molecule has 0 aliphatic carbocycles. The SMILES string of the molecule is N=C(CCC(=O)OC(=O)c1ccc(F)cc1)OC(=O)c1ccc(F)cc1. The molecule has 0 spiro atoms. The van der Waals surface area contributed by atoms with E-state index in [1.165, 1.54) is 12.1 Å². The number of ether oxygens (including phenoxy) is 2. The van der Waals surface area contributed by atoms with Crippen LogP contribution < -0.4 is 0 Å². The van der Waals surface area contributed by atoms with Gasteiger partial charge in [0.2, 0.25) is 0 Å². The minimum Gasteiger partial charge on any atom is -0.409 e. The molecule has 0 bridgehead atoms. The maximum absolute atomic E-state index is 12.8. The Balaban J connectivity index is 1.78. The van der Waals surface area contributed by atoms with Gasteiger partial charge in [0.1, 0.15) is 11.6 Å². The monoisotopic (exact) mass is 361 g/mol. The first-order valence-corrected chi connectivity index (χ1v) is 7.41. The molecule has 0 saturated heterocycles. The summed E-state index contributed by atoms with van der Waals surface area (Å²) in [7, 11) is 0. The minimum absolute atomic E-state index is 0.00226. The van der Waals surface area contributed by atoms with Gasteiger partial charge in [0, 0.05) is 6.42 Å². The predicted octanol–water partition coefficient (Wildman–Crippen LogP) is 3.26. The normalized spacial score (nSPS) is 10.1. The fraction of sp³-hybridized carbons (Fsp3) is 0.111. The van der Waals surface area contributed by atoms with Crippen molar-refractivity contribution in [3.05, 3.63) is 71.3 Å². The lowest BCUT2D eigenvalue weighted by atomic mass is 10.2. The zero-order chi connectivity index (χ0) is 19.1. The fourth-order valence-corrected chi connectivity index (χ4v) is 1.82. The Kier molecular flexibility index (Phi) is 6.26. The lowest BCUT2D eigenvalue weighted by Gasteiger charge is -2.06. The molecule has 0 aromatic heterocycles. The zero-order valence-corrected chi connectivity index (χ0v) is 13.3. The highest BCUT2D eigenvalue weighted by Crippen LogP contribution is 2.08. The van der Waals surface area contributed by atoms with Gasteiger partial charge in [0.15, 0.2) is 5.90 Å². The van der Waals surface area contributed by atoms with Gasteiger partial charge >= 0.3 is 17.9 Å². The van der Waals surface area contributed by atoms with Crippen LogP contribution in [0, 0.1) is 17.0 Å². The third-order valence-electron chi connectivity index (χ3n) is 3.14. The van der Waals surface area contributed by atoms with Crippen LogP contribution >= 0.6 is 0 Å². The summed E-state index contributed by atoms with van der Waals surface area (Å²) in [5.41, 5.74) is 0.0442. The Bertz CT molecular complexity index is 760. The summed E-state index contributed by atoms with van der Waals surface area (Å²) in [5, 5.41) is 7.52. The summed E-state index contributed by atoms with van der Waals surface area (Å²) in [5.74, 6) is -4.32. The molecule has 0 unspecified atom stereocenters. The highest BCUT2D eigenvalue weighted by molar-refractivity contribution is 5.99. The van der Waals surface area contributed by atoms with Crippen LogP contribution in [0.1, 0.15) is 33.6 Å². The largest absolute Gasteiger partial charge is 0.409 e. The van der Waals surface area contributed by atoms with Crippen molar-refractivity contribution in [3.8, 4) is 0 Å². The fourth-order valence-electron chi connectivity index (χ4n) is 1.82. The van der Waals surface area contributed by atoms with Crippen molar-refractivity contribution in [1.29, 1.82) is 5.41 Å². The smallest absolute Gasteiger partial charge is 0.345 e. The molecule has 0 saturated carbocycles. The van der Waals surface area contributed by atoms with E-state index in [1.807, 2.05) is 0 Å². The molecule has 2 aromatic rings. The summed E-state index contributed by atoms with van der Waals surface area (Å²) in [6.45, 7) is 0. The van der Waals surface area contributed by atoms with E-state index in [0.29, 0.717) is 0 Å². The van der Waals surface area contributed by atoms with E-state index in [-0.39, 0.29) is 24.0 Å². The molecule has 0 atom stereocenters. The number of halogens is 2. The van der Waals surface area contributed by atoms with Crippen LogP contribution in [0.15, 0.2) is 48.5 Å². The van der Waals surface area contributed by atoms with Gasteiger partial charge in [-0.15, -0.1) is 0 Å². The second-order valence-electron chi connectivity index (χ2n) is 5.09. The topological polar surface area (TPSA) is 93.5 Å². The van der Waals surface area contributed by atoms with Crippen LogP contribution in [0.25, 0.3) is 0 Å². The van der Waals surface area contributed by atoms with Crippen LogP contribution in [0.5, 0.6) is 0 Å². The van der Waals surface area contributed by atoms with Gasteiger partial charge in [-0.05, 0) is 48.5 Å². The molecule has 26 heavy (non-hydrogen) atoms. The molecule has 2 rings (SSSR count). The van der Waals surface area contributed by atoms with Crippen molar-refractivity contribution in [1.82, 2.24) is 0 Å². The molecule has 6 nitrogen and oxygen atoms in total. The van der Waals surface area contributed by atoms with Crippen molar-refractivity contribution < 1.29 is 32.6 Å². The van der Waals surface area contributed by atoms with Crippen LogP contribution in [-0.2, 0) is 14.3 Å². The molecular weight excluding hydrogens is 348 g/mol. The number of carbonyl (C=O) groups excluding carboxylic acids is 3.